The van der Waals surface area contributed by atoms with Gasteiger partial charge in [-0.3, -0.25) is 13.9 Å². The van der Waals surface area contributed by atoms with Crippen molar-refractivity contribution in [1.29, 1.82) is 0 Å². The van der Waals surface area contributed by atoms with Crippen molar-refractivity contribution in [2.45, 2.75) is 33.4 Å². The molecule has 2 amide bonds. The number of halogens is 2. The largest absolute Gasteiger partial charge is 0.355 e. The van der Waals surface area contributed by atoms with E-state index in [-0.39, 0.29) is 28.2 Å². The van der Waals surface area contributed by atoms with Crippen molar-refractivity contribution < 1.29 is 18.0 Å². The first-order chi connectivity index (χ1) is 15.0. The number of amides is 2. The summed E-state index contributed by atoms with van der Waals surface area (Å²) >= 11 is 12.2. The lowest BCUT2D eigenvalue weighted by Crippen LogP contribution is -2.51. The lowest BCUT2D eigenvalue weighted by molar-refractivity contribution is -0.139. The number of carbonyl (C=O) groups is 2. The third-order valence-electron chi connectivity index (χ3n) is 4.98. The van der Waals surface area contributed by atoms with E-state index < -0.39 is 28.5 Å². The van der Waals surface area contributed by atoms with Crippen molar-refractivity contribution in [2.75, 3.05) is 23.7 Å². The van der Waals surface area contributed by atoms with Crippen LogP contribution in [0.15, 0.2) is 42.5 Å². The van der Waals surface area contributed by atoms with Gasteiger partial charge in [-0.15, -0.1) is 0 Å². The second-order valence-corrected chi connectivity index (χ2v) is 10.1. The van der Waals surface area contributed by atoms with Crippen LogP contribution in [0.3, 0.4) is 0 Å². The standard InChI is InChI=1S/C22H27Cl2N3O4S/c1-5-25-22(29)16(3)26(13-17-9-7-6-8-15(17)2)21(28)14-27(32(4,30)31)20-12-18(23)10-11-19(20)24/h6-12,16H,5,13-14H2,1-4H3,(H,25,29)/t16-/m1/s1. The molecule has 0 aromatic heterocycles. The van der Waals surface area contributed by atoms with Crippen molar-refractivity contribution in [3.63, 3.8) is 0 Å². The Kier molecular flexibility index (Phi) is 8.95. The number of aryl methyl sites for hydroxylation is 1. The van der Waals surface area contributed by atoms with Crippen LogP contribution in [0.5, 0.6) is 0 Å². The van der Waals surface area contributed by atoms with Crippen LogP contribution in [0, 0.1) is 6.92 Å². The van der Waals surface area contributed by atoms with Gasteiger partial charge in [0, 0.05) is 18.1 Å². The summed E-state index contributed by atoms with van der Waals surface area (Å²) in [4.78, 5) is 27.3. The molecule has 0 saturated carbocycles. The Balaban J connectivity index is 2.45. The van der Waals surface area contributed by atoms with Crippen LogP contribution in [0.4, 0.5) is 5.69 Å². The second kappa shape index (κ2) is 11.0. The molecule has 0 unspecified atom stereocenters. The molecule has 0 aliphatic heterocycles. The highest BCUT2D eigenvalue weighted by Gasteiger charge is 2.31. The molecule has 2 aromatic rings. The summed E-state index contributed by atoms with van der Waals surface area (Å²) in [6.07, 6.45) is 0.983. The zero-order valence-corrected chi connectivity index (χ0v) is 20.8. The van der Waals surface area contributed by atoms with Crippen molar-refractivity contribution in [2.24, 2.45) is 0 Å². The quantitative estimate of drug-likeness (QED) is 0.570. The minimum absolute atomic E-state index is 0.0940. The van der Waals surface area contributed by atoms with Gasteiger partial charge in [-0.25, -0.2) is 8.42 Å². The van der Waals surface area contributed by atoms with E-state index >= 15 is 0 Å². The van der Waals surface area contributed by atoms with Crippen LogP contribution in [-0.4, -0.2) is 50.5 Å². The molecule has 0 heterocycles. The Morgan fingerprint density at radius 2 is 1.78 bits per heavy atom. The number of hydrogen-bond acceptors (Lipinski definition) is 4. The fraction of sp³-hybridized carbons (Fsp3) is 0.364. The molecule has 1 N–H and O–H groups in total. The number of likely N-dealkylation sites (N-methyl/N-ethyl adjacent to an activating group) is 1. The fourth-order valence-corrected chi connectivity index (χ4v) is 4.44. The van der Waals surface area contributed by atoms with Gasteiger partial charge >= 0.3 is 0 Å². The zero-order chi connectivity index (χ0) is 24.1. The van der Waals surface area contributed by atoms with Crippen molar-refractivity contribution in [1.82, 2.24) is 10.2 Å². The van der Waals surface area contributed by atoms with Gasteiger partial charge in [0.1, 0.15) is 12.6 Å². The molecule has 0 aliphatic rings. The molecule has 0 fully saturated rings. The van der Waals surface area contributed by atoms with E-state index in [0.717, 1.165) is 21.7 Å². The normalized spacial score (nSPS) is 12.2. The first kappa shape index (κ1) is 26.0. The molecule has 0 aliphatic carbocycles. The molecule has 0 spiro atoms. The lowest BCUT2D eigenvalue weighted by Gasteiger charge is -2.32. The molecular weight excluding hydrogens is 473 g/mol. The van der Waals surface area contributed by atoms with Gasteiger partial charge in [0.05, 0.1) is 17.0 Å². The number of carbonyl (C=O) groups excluding carboxylic acids is 2. The van der Waals surface area contributed by atoms with E-state index in [2.05, 4.69) is 5.32 Å². The Bertz CT molecular complexity index is 1090. The minimum Gasteiger partial charge on any atom is -0.355 e. The van der Waals surface area contributed by atoms with E-state index in [1.165, 1.54) is 23.1 Å². The Labute approximate surface area is 199 Å². The Hall–Kier alpha value is -2.29. The Morgan fingerprint density at radius 3 is 2.38 bits per heavy atom. The molecule has 2 rings (SSSR count). The number of anilines is 1. The molecule has 0 radical (unpaired) electrons. The maximum atomic E-state index is 13.4. The summed E-state index contributed by atoms with van der Waals surface area (Å²) in [7, 11) is -3.88. The fourth-order valence-electron chi connectivity index (χ4n) is 3.15. The molecule has 7 nitrogen and oxygen atoms in total. The molecule has 174 valence electrons. The summed E-state index contributed by atoms with van der Waals surface area (Å²) < 4.78 is 26.0. The summed E-state index contributed by atoms with van der Waals surface area (Å²) in [5.74, 6) is -0.880. The van der Waals surface area contributed by atoms with Gasteiger partial charge in [0.15, 0.2) is 0 Å². The van der Waals surface area contributed by atoms with Crippen LogP contribution in [-0.2, 0) is 26.2 Å². The predicted molar refractivity (Wildman–Crippen MR) is 129 cm³/mol. The van der Waals surface area contributed by atoms with Crippen molar-refractivity contribution in [3.05, 3.63) is 63.6 Å². The topological polar surface area (TPSA) is 86.8 Å². The number of benzene rings is 2. The number of sulfonamides is 1. The van der Waals surface area contributed by atoms with Crippen LogP contribution >= 0.6 is 23.2 Å². The first-order valence-electron chi connectivity index (χ1n) is 10.00. The van der Waals surface area contributed by atoms with E-state index in [1.807, 2.05) is 31.2 Å². The SMILES string of the molecule is CCNC(=O)[C@@H](C)N(Cc1ccccc1C)C(=O)CN(c1cc(Cl)ccc1Cl)S(C)(=O)=O. The maximum Gasteiger partial charge on any atom is 0.244 e. The smallest absolute Gasteiger partial charge is 0.244 e. The van der Waals surface area contributed by atoms with E-state index in [0.29, 0.717) is 6.54 Å². The summed E-state index contributed by atoms with van der Waals surface area (Å²) in [5, 5.41) is 3.12. The van der Waals surface area contributed by atoms with Gasteiger partial charge < -0.3 is 10.2 Å². The van der Waals surface area contributed by atoms with Gasteiger partial charge in [0.2, 0.25) is 21.8 Å². The van der Waals surface area contributed by atoms with E-state index in [9.17, 15) is 18.0 Å². The highest BCUT2D eigenvalue weighted by Crippen LogP contribution is 2.31. The third kappa shape index (κ3) is 6.60. The van der Waals surface area contributed by atoms with Crippen LogP contribution in [0.1, 0.15) is 25.0 Å². The summed E-state index contributed by atoms with van der Waals surface area (Å²) in [5.41, 5.74) is 1.89. The second-order valence-electron chi connectivity index (χ2n) is 7.38. The summed E-state index contributed by atoms with van der Waals surface area (Å²) in [6.45, 7) is 5.31. The third-order valence-corrected chi connectivity index (χ3v) is 6.66. The number of nitrogens with one attached hydrogen (secondary N) is 1. The molecule has 2 aromatic carbocycles. The minimum atomic E-state index is -3.88. The van der Waals surface area contributed by atoms with Crippen LogP contribution < -0.4 is 9.62 Å². The van der Waals surface area contributed by atoms with E-state index in [4.69, 9.17) is 23.2 Å². The molecular formula is C22H27Cl2N3O4S. The van der Waals surface area contributed by atoms with Crippen LogP contribution in [0.2, 0.25) is 10.0 Å². The van der Waals surface area contributed by atoms with Gasteiger partial charge in [-0.2, -0.15) is 0 Å². The predicted octanol–water partition coefficient (Wildman–Crippen LogP) is 3.62. The number of rotatable bonds is 9. The zero-order valence-electron chi connectivity index (χ0n) is 18.4. The molecule has 10 heteroatoms. The Morgan fingerprint density at radius 1 is 1.12 bits per heavy atom. The molecule has 0 bridgehead atoms. The average Bonchev–Trinajstić information content (AvgIpc) is 2.72. The van der Waals surface area contributed by atoms with Gasteiger partial charge in [0.25, 0.3) is 0 Å². The van der Waals surface area contributed by atoms with Gasteiger partial charge in [-0.05, 0) is 50.1 Å². The maximum absolute atomic E-state index is 13.4. The van der Waals surface area contributed by atoms with E-state index in [1.54, 1.807) is 13.8 Å². The number of hydrogen-bond donors (Lipinski definition) is 1. The lowest BCUT2D eigenvalue weighted by atomic mass is 10.1. The van der Waals surface area contributed by atoms with Crippen molar-refractivity contribution in [3.8, 4) is 0 Å². The average molecular weight is 500 g/mol. The molecule has 32 heavy (non-hydrogen) atoms. The first-order valence-corrected chi connectivity index (χ1v) is 12.6. The van der Waals surface area contributed by atoms with Crippen LogP contribution in [0.25, 0.3) is 0 Å². The van der Waals surface area contributed by atoms with Crippen molar-refractivity contribution >= 4 is 50.7 Å². The number of nitrogens with zero attached hydrogens (tertiary/aromatic N) is 2. The highest BCUT2D eigenvalue weighted by molar-refractivity contribution is 7.92. The monoisotopic (exact) mass is 499 g/mol. The highest BCUT2D eigenvalue weighted by atomic mass is 35.5. The summed E-state index contributed by atoms with van der Waals surface area (Å²) in [6, 6.07) is 11.0. The van der Waals surface area contributed by atoms with Gasteiger partial charge in [-0.1, -0.05) is 47.5 Å². The molecule has 0 saturated heterocycles. The molecule has 1 atom stereocenters.